The fourth-order valence-electron chi connectivity index (χ4n) is 2.02. The molecule has 0 heterocycles. The molecule has 126 valence electrons. The van der Waals surface area contributed by atoms with Crippen LogP contribution in [0.25, 0.3) is 0 Å². The quantitative estimate of drug-likeness (QED) is 0.786. The average molecular weight is 321 g/mol. The van der Waals surface area contributed by atoms with E-state index in [1.54, 1.807) is 58.0 Å². The van der Waals surface area contributed by atoms with Crippen molar-refractivity contribution in [2.75, 3.05) is 0 Å². The van der Waals surface area contributed by atoms with Gasteiger partial charge in [0.1, 0.15) is 11.6 Å². The Kier molecular flexibility index (Phi) is 6.30. The van der Waals surface area contributed by atoms with Crippen molar-refractivity contribution in [3.63, 3.8) is 0 Å². The zero-order valence-corrected chi connectivity index (χ0v) is 13.8. The van der Waals surface area contributed by atoms with E-state index in [1.165, 1.54) is 0 Å². The van der Waals surface area contributed by atoms with Gasteiger partial charge >= 0.3 is 12.1 Å². The zero-order chi connectivity index (χ0) is 17.6. The Morgan fingerprint density at radius 1 is 1.17 bits per heavy atom. The Morgan fingerprint density at radius 2 is 1.74 bits per heavy atom. The van der Waals surface area contributed by atoms with Gasteiger partial charge in [-0.1, -0.05) is 37.3 Å². The van der Waals surface area contributed by atoms with Crippen LogP contribution in [0.1, 0.15) is 44.5 Å². The predicted octanol–water partition coefficient (Wildman–Crippen LogP) is 2.87. The van der Waals surface area contributed by atoms with Crippen molar-refractivity contribution in [1.29, 1.82) is 0 Å². The monoisotopic (exact) mass is 321 g/mol. The molecule has 0 bridgehead atoms. The van der Waals surface area contributed by atoms with Crippen molar-refractivity contribution in [2.45, 2.75) is 45.8 Å². The summed E-state index contributed by atoms with van der Waals surface area (Å²) in [5, 5.41) is 11.5. The molecule has 1 unspecified atom stereocenters. The molecule has 0 saturated carbocycles. The second kappa shape index (κ2) is 7.76. The third-order valence-corrected chi connectivity index (χ3v) is 3.08. The van der Waals surface area contributed by atoms with Gasteiger partial charge in [0.2, 0.25) is 0 Å². The molecule has 0 spiro atoms. The second-order valence-corrected chi connectivity index (χ2v) is 6.40. The predicted molar refractivity (Wildman–Crippen MR) is 85.3 cm³/mol. The van der Waals surface area contributed by atoms with Crippen LogP contribution in [0.15, 0.2) is 30.3 Å². The number of alkyl carbamates (subject to hydrolysis) is 1. The van der Waals surface area contributed by atoms with Crippen LogP contribution in [0, 0.1) is 5.92 Å². The highest BCUT2D eigenvalue weighted by molar-refractivity contribution is 5.98. The number of ketones is 1. The Bertz CT molecular complexity index is 562. The van der Waals surface area contributed by atoms with E-state index in [0.29, 0.717) is 5.56 Å². The molecule has 1 rings (SSSR count). The molecular formula is C17H23NO5. The number of hydrogen-bond donors (Lipinski definition) is 2. The summed E-state index contributed by atoms with van der Waals surface area (Å²) in [5.74, 6) is -1.92. The SMILES string of the molecule is CC(C[C@@H](NC(=O)OC(C)(C)C)C(=O)O)C(=O)c1ccccc1. The number of benzene rings is 1. The first-order chi connectivity index (χ1) is 10.6. The molecule has 1 amide bonds. The summed E-state index contributed by atoms with van der Waals surface area (Å²) < 4.78 is 5.05. The van der Waals surface area contributed by atoms with Crippen molar-refractivity contribution in [3.05, 3.63) is 35.9 Å². The summed E-state index contributed by atoms with van der Waals surface area (Å²) in [5.41, 5.74) is -0.208. The first-order valence-corrected chi connectivity index (χ1v) is 7.41. The van der Waals surface area contributed by atoms with Crippen LogP contribution in [-0.2, 0) is 9.53 Å². The molecule has 6 heteroatoms. The van der Waals surface area contributed by atoms with E-state index in [9.17, 15) is 19.5 Å². The van der Waals surface area contributed by atoms with Gasteiger partial charge in [0.25, 0.3) is 0 Å². The fourth-order valence-corrected chi connectivity index (χ4v) is 2.02. The molecule has 0 aromatic heterocycles. The third kappa shape index (κ3) is 6.50. The number of nitrogens with one attached hydrogen (secondary N) is 1. The maximum atomic E-state index is 12.3. The van der Waals surface area contributed by atoms with E-state index in [-0.39, 0.29) is 12.2 Å². The third-order valence-electron chi connectivity index (χ3n) is 3.08. The van der Waals surface area contributed by atoms with Gasteiger partial charge in [0.15, 0.2) is 5.78 Å². The molecule has 0 aliphatic carbocycles. The summed E-state index contributed by atoms with van der Waals surface area (Å²) >= 11 is 0. The highest BCUT2D eigenvalue weighted by atomic mass is 16.6. The minimum absolute atomic E-state index is 0.0116. The number of carboxylic acids is 1. The smallest absolute Gasteiger partial charge is 0.408 e. The first-order valence-electron chi connectivity index (χ1n) is 7.41. The number of amides is 1. The Morgan fingerprint density at radius 3 is 2.22 bits per heavy atom. The van der Waals surface area contributed by atoms with Crippen LogP contribution in [0.3, 0.4) is 0 Å². The molecule has 2 atom stereocenters. The number of ether oxygens (including phenoxy) is 1. The molecule has 0 aliphatic rings. The van der Waals surface area contributed by atoms with E-state index in [4.69, 9.17) is 4.74 Å². The van der Waals surface area contributed by atoms with Crippen LogP contribution in [0.4, 0.5) is 4.79 Å². The molecule has 0 fully saturated rings. The summed E-state index contributed by atoms with van der Waals surface area (Å²) in [6, 6.07) is 7.45. The van der Waals surface area contributed by atoms with Crippen LogP contribution in [-0.4, -0.2) is 34.6 Å². The average Bonchev–Trinajstić information content (AvgIpc) is 2.44. The van der Waals surface area contributed by atoms with Gasteiger partial charge in [-0.05, 0) is 27.2 Å². The number of carbonyl (C=O) groups is 3. The lowest BCUT2D eigenvalue weighted by Gasteiger charge is -2.23. The van der Waals surface area contributed by atoms with E-state index >= 15 is 0 Å². The van der Waals surface area contributed by atoms with Crippen molar-refractivity contribution in [3.8, 4) is 0 Å². The molecule has 0 saturated heterocycles. The molecule has 0 aliphatic heterocycles. The van der Waals surface area contributed by atoms with E-state index < -0.39 is 29.6 Å². The molecule has 1 aromatic rings. The van der Waals surface area contributed by atoms with Gasteiger partial charge in [0, 0.05) is 11.5 Å². The number of rotatable bonds is 6. The lowest BCUT2D eigenvalue weighted by atomic mass is 9.93. The molecule has 0 radical (unpaired) electrons. The highest BCUT2D eigenvalue weighted by Crippen LogP contribution is 2.15. The lowest BCUT2D eigenvalue weighted by molar-refractivity contribution is -0.139. The van der Waals surface area contributed by atoms with Gasteiger partial charge in [0.05, 0.1) is 0 Å². The molecule has 1 aromatic carbocycles. The van der Waals surface area contributed by atoms with Gasteiger partial charge in [-0.2, -0.15) is 0 Å². The Hall–Kier alpha value is -2.37. The summed E-state index contributed by atoms with van der Waals surface area (Å²) in [4.78, 5) is 35.3. The molecular weight excluding hydrogens is 298 g/mol. The van der Waals surface area contributed by atoms with Crippen molar-refractivity contribution in [1.82, 2.24) is 5.32 Å². The van der Waals surface area contributed by atoms with Crippen LogP contribution >= 0.6 is 0 Å². The number of Topliss-reactive ketones (excluding diaryl/α,β-unsaturated/α-hetero) is 1. The molecule has 6 nitrogen and oxygen atoms in total. The summed E-state index contributed by atoms with van der Waals surface area (Å²) in [7, 11) is 0. The van der Waals surface area contributed by atoms with Crippen LogP contribution in [0.5, 0.6) is 0 Å². The maximum absolute atomic E-state index is 12.3. The number of carboxylic acid groups (broad SMARTS) is 1. The minimum Gasteiger partial charge on any atom is -0.480 e. The van der Waals surface area contributed by atoms with Gasteiger partial charge in [-0.25, -0.2) is 9.59 Å². The molecule has 2 N–H and O–H groups in total. The normalized spacial score (nSPS) is 13.7. The second-order valence-electron chi connectivity index (χ2n) is 6.40. The van der Waals surface area contributed by atoms with Gasteiger partial charge in [-0.15, -0.1) is 0 Å². The van der Waals surface area contributed by atoms with Crippen molar-refractivity contribution in [2.24, 2.45) is 5.92 Å². The van der Waals surface area contributed by atoms with E-state index in [0.717, 1.165) is 0 Å². The highest BCUT2D eigenvalue weighted by Gasteiger charge is 2.28. The first kappa shape index (κ1) is 18.7. The van der Waals surface area contributed by atoms with Crippen molar-refractivity contribution >= 4 is 17.8 Å². The van der Waals surface area contributed by atoms with E-state index in [1.807, 2.05) is 0 Å². The number of aliphatic carboxylic acids is 1. The Balaban J connectivity index is 2.70. The van der Waals surface area contributed by atoms with Gasteiger partial charge < -0.3 is 15.2 Å². The maximum Gasteiger partial charge on any atom is 0.408 e. The fraction of sp³-hybridized carbons (Fsp3) is 0.471. The standard InChI is InChI=1S/C17H23NO5/c1-11(14(19)12-8-6-5-7-9-12)10-13(15(20)21)18-16(22)23-17(2,3)4/h5-9,11,13H,10H2,1-4H3,(H,18,22)(H,20,21)/t11?,13-/m1/s1. The zero-order valence-electron chi connectivity index (χ0n) is 13.8. The largest absolute Gasteiger partial charge is 0.480 e. The van der Waals surface area contributed by atoms with Gasteiger partial charge in [-0.3, -0.25) is 4.79 Å². The number of carbonyl (C=O) groups excluding carboxylic acids is 2. The summed E-state index contributed by atoms with van der Waals surface area (Å²) in [6.07, 6.45) is -0.827. The minimum atomic E-state index is -1.21. The topological polar surface area (TPSA) is 92.7 Å². The van der Waals surface area contributed by atoms with E-state index in [2.05, 4.69) is 5.32 Å². The molecule has 23 heavy (non-hydrogen) atoms. The van der Waals surface area contributed by atoms with Crippen LogP contribution in [0.2, 0.25) is 0 Å². The summed E-state index contributed by atoms with van der Waals surface area (Å²) in [6.45, 7) is 6.69. The lowest BCUT2D eigenvalue weighted by Crippen LogP contribution is -2.44. The van der Waals surface area contributed by atoms with Crippen LogP contribution < -0.4 is 5.32 Å². The number of hydrogen-bond acceptors (Lipinski definition) is 4. The van der Waals surface area contributed by atoms with Crippen molar-refractivity contribution < 1.29 is 24.2 Å². The Labute approximate surface area is 135 Å².